The Morgan fingerprint density at radius 3 is 2.87 bits per heavy atom. The van der Waals surface area contributed by atoms with Gasteiger partial charge in [0.25, 0.3) is 0 Å². The Morgan fingerprint density at radius 2 is 2.20 bits per heavy atom. The van der Waals surface area contributed by atoms with Gasteiger partial charge in [-0.05, 0) is 24.1 Å². The molecule has 1 aliphatic heterocycles. The zero-order chi connectivity index (χ0) is 11.0. The summed E-state index contributed by atoms with van der Waals surface area (Å²) in [6.07, 6.45) is 0.749. The summed E-state index contributed by atoms with van der Waals surface area (Å²) in [6.45, 7) is 0.626. The molecule has 0 bridgehead atoms. The maximum Gasteiger partial charge on any atom is 0.325 e. The molecule has 0 aliphatic carbocycles. The van der Waals surface area contributed by atoms with Crippen molar-refractivity contribution in [2.24, 2.45) is 0 Å². The van der Waals surface area contributed by atoms with E-state index in [9.17, 15) is 4.79 Å². The molecule has 0 spiro atoms. The Morgan fingerprint density at radius 1 is 1.47 bits per heavy atom. The van der Waals surface area contributed by atoms with Crippen LogP contribution in [0.3, 0.4) is 0 Å². The van der Waals surface area contributed by atoms with Crippen LogP contribution in [0.25, 0.3) is 0 Å². The minimum Gasteiger partial charge on any atom is -0.480 e. The van der Waals surface area contributed by atoms with Gasteiger partial charge in [0.1, 0.15) is 6.04 Å². The van der Waals surface area contributed by atoms with E-state index in [0.717, 1.165) is 12.0 Å². The van der Waals surface area contributed by atoms with Gasteiger partial charge in [-0.2, -0.15) is 0 Å². The molecule has 5 heteroatoms. The highest BCUT2D eigenvalue weighted by molar-refractivity contribution is 6.35. The first kappa shape index (κ1) is 10.7. The van der Waals surface area contributed by atoms with Crippen molar-refractivity contribution in [1.82, 2.24) is 5.32 Å². The first-order valence-electron chi connectivity index (χ1n) is 4.53. The van der Waals surface area contributed by atoms with Crippen LogP contribution in [0.1, 0.15) is 17.2 Å². The molecule has 3 nitrogen and oxygen atoms in total. The average Bonchev–Trinajstić information content (AvgIpc) is 2.16. The second-order valence-corrected chi connectivity index (χ2v) is 4.28. The number of rotatable bonds is 1. The van der Waals surface area contributed by atoms with E-state index in [2.05, 4.69) is 5.32 Å². The van der Waals surface area contributed by atoms with Crippen LogP contribution in [-0.4, -0.2) is 17.6 Å². The third-order valence-electron chi connectivity index (χ3n) is 2.46. The predicted octanol–water partition coefficient (Wildman–Crippen LogP) is 2.26. The van der Waals surface area contributed by atoms with E-state index in [0.29, 0.717) is 22.2 Å². The summed E-state index contributed by atoms with van der Waals surface area (Å²) in [5, 5.41) is 12.9. The van der Waals surface area contributed by atoms with Crippen molar-refractivity contribution in [1.29, 1.82) is 0 Å². The van der Waals surface area contributed by atoms with E-state index >= 15 is 0 Å². The summed E-state index contributed by atoms with van der Waals surface area (Å²) < 4.78 is 0. The number of fused-ring (bicyclic) bond motifs is 1. The molecule has 1 aliphatic rings. The molecule has 0 fully saturated rings. The summed E-state index contributed by atoms with van der Waals surface area (Å²) in [4.78, 5) is 11.0. The van der Waals surface area contributed by atoms with E-state index in [4.69, 9.17) is 28.3 Å². The largest absolute Gasteiger partial charge is 0.480 e. The normalized spacial score (nSPS) is 19.7. The number of carbonyl (C=O) groups is 1. The van der Waals surface area contributed by atoms with Gasteiger partial charge in [-0.3, -0.25) is 4.79 Å². The van der Waals surface area contributed by atoms with Crippen molar-refractivity contribution in [2.75, 3.05) is 6.54 Å². The van der Waals surface area contributed by atoms with E-state index < -0.39 is 12.0 Å². The molecule has 2 rings (SSSR count). The van der Waals surface area contributed by atoms with E-state index in [-0.39, 0.29) is 0 Å². The van der Waals surface area contributed by atoms with Crippen molar-refractivity contribution < 1.29 is 9.90 Å². The number of hydrogen-bond acceptors (Lipinski definition) is 2. The monoisotopic (exact) mass is 245 g/mol. The number of hydrogen-bond donors (Lipinski definition) is 2. The van der Waals surface area contributed by atoms with Gasteiger partial charge in [0.05, 0.1) is 0 Å². The molecule has 0 saturated heterocycles. The van der Waals surface area contributed by atoms with Gasteiger partial charge < -0.3 is 10.4 Å². The molecular weight excluding hydrogens is 237 g/mol. The number of halogens is 2. The summed E-state index contributed by atoms with van der Waals surface area (Å²) in [6, 6.07) is 2.63. The predicted molar refractivity (Wildman–Crippen MR) is 58.5 cm³/mol. The Balaban J connectivity index is 2.55. The van der Waals surface area contributed by atoms with Crippen molar-refractivity contribution in [3.63, 3.8) is 0 Å². The van der Waals surface area contributed by atoms with Gasteiger partial charge in [-0.15, -0.1) is 0 Å². The standard InChI is InChI=1S/C10H9Cl2NO2/c11-6-3-5-1-2-13-9(10(14)15)8(5)7(12)4-6/h3-4,9,13H,1-2H2,(H,14,15). The highest BCUT2D eigenvalue weighted by Crippen LogP contribution is 2.32. The molecule has 1 atom stereocenters. The van der Waals surface area contributed by atoms with E-state index in [1.807, 2.05) is 0 Å². The Labute approximate surface area is 97.0 Å². The topological polar surface area (TPSA) is 49.3 Å². The maximum atomic E-state index is 11.0. The second-order valence-electron chi connectivity index (χ2n) is 3.44. The van der Waals surface area contributed by atoms with Gasteiger partial charge in [0, 0.05) is 22.2 Å². The van der Waals surface area contributed by atoms with Crippen LogP contribution in [0.2, 0.25) is 10.0 Å². The second kappa shape index (κ2) is 4.00. The lowest BCUT2D eigenvalue weighted by atomic mass is 9.94. The van der Waals surface area contributed by atoms with Crippen LogP contribution < -0.4 is 5.32 Å². The summed E-state index contributed by atoms with van der Waals surface area (Å²) in [5.74, 6) is -0.917. The van der Waals surface area contributed by atoms with Crippen LogP contribution >= 0.6 is 23.2 Å². The smallest absolute Gasteiger partial charge is 0.325 e. The SMILES string of the molecule is O=C(O)C1NCCc2cc(Cl)cc(Cl)c21. The fraction of sp³-hybridized carbons (Fsp3) is 0.300. The molecule has 1 unspecified atom stereocenters. The van der Waals surface area contributed by atoms with Crippen LogP contribution in [0.4, 0.5) is 0 Å². The van der Waals surface area contributed by atoms with Gasteiger partial charge >= 0.3 is 5.97 Å². The quantitative estimate of drug-likeness (QED) is 0.799. The number of carboxylic acid groups (broad SMARTS) is 1. The minimum absolute atomic E-state index is 0.414. The molecule has 0 amide bonds. The van der Waals surface area contributed by atoms with Crippen molar-refractivity contribution in [3.8, 4) is 0 Å². The number of carboxylic acids is 1. The third kappa shape index (κ3) is 1.95. The van der Waals surface area contributed by atoms with Gasteiger partial charge in [0.2, 0.25) is 0 Å². The molecule has 1 aromatic rings. The molecule has 80 valence electrons. The third-order valence-corrected chi connectivity index (χ3v) is 2.99. The van der Waals surface area contributed by atoms with Crippen molar-refractivity contribution >= 4 is 29.2 Å². The molecule has 15 heavy (non-hydrogen) atoms. The van der Waals surface area contributed by atoms with Crippen molar-refractivity contribution in [2.45, 2.75) is 12.5 Å². The van der Waals surface area contributed by atoms with Gasteiger partial charge in [-0.25, -0.2) is 0 Å². The Hall–Kier alpha value is -0.770. The Kier molecular flexibility index (Phi) is 2.87. The average molecular weight is 246 g/mol. The van der Waals surface area contributed by atoms with Gasteiger partial charge in [-0.1, -0.05) is 23.2 Å². The fourth-order valence-electron chi connectivity index (χ4n) is 1.83. The van der Waals surface area contributed by atoms with Crippen LogP contribution in [0.15, 0.2) is 12.1 Å². The van der Waals surface area contributed by atoms with E-state index in [1.165, 1.54) is 0 Å². The zero-order valence-electron chi connectivity index (χ0n) is 7.76. The highest BCUT2D eigenvalue weighted by atomic mass is 35.5. The fourth-order valence-corrected chi connectivity index (χ4v) is 2.48. The lowest BCUT2D eigenvalue weighted by molar-refractivity contribution is -0.139. The first-order valence-corrected chi connectivity index (χ1v) is 5.29. The lowest BCUT2D eigenvalue weighted by Crippen LogP contribution is -2.35. The highest BCUT2D eigenvalue weighted by Gasteiger charge is 2.28. The molecule has 0 aromatic heterocycles. The molecule has 1 aromatic carbocycles. The van der Waals surface area contributed by atoms with Gasteiger partial charge in [0.15, 0.2) is 0 Å². The summed E-state index contributed by atoms with van der Waals surface area (Å²) >= 11 is 11.9. The molecule has 1 heterocycles. The molecule has 0 radical (unpaired) electrons. The summed E-state index contributed by atoms with van der Waals surface area (Å²) in [7, 11) is 0. The number of benzene rings is 1. The molecular formula is C10H9Cl2NO2. The maximum absolute atomic E-state index is 11.0. The lowest BCUT2D eigenvalue weighted by Gasteiger charge is -2.25. The van der Waals surface area contributed by atoms with Crippen LogP contribution in [0.5, 0.6) is 0 Å². The summed E-state index contributed by atoms with van der Waals surface area (Å²) in [5.41, 5.74) is 1.55. The molecule has 2 N–H and O–H groups in total. The molecule has 0 saturated carbocycles. The number of nitrogens with one attached hydrogen (secondary N) is 1. The Bertz CT molecular complexity index is 420. The van der Waals surface area contributed by atoms with Crippen molar-refractivity contribution in [3.05, 3.63) is 33.3 Å². The zero-order valence-corrected chi connectivity index (χ0v) is 9.27. The van der Waals surface area contributed by atoms with Crippen LogP contribution in [0, 0.1) is 0 Å². The first-order chi connectivity index (χ1) is 7.09. The minimum atomic E-state index is -0.917. The number of aliphatic carboxylic acids is 1. The van der Waals surface area contributed by atoms with E-state index in [1.54, 1.807) is 12.1 Å². The van der Waals surface area contributed by atoms with Crippen LogP contribution in [-0.2, 0) is 11.2 Å².